The number of benzene rings is 1. The Labute approximate surface area is 141 Å². The van der Waals surface area contributed by atoms with Gasteiger partial charge in [0.15, 0.2) is 4.34 Å². The molecule has 4 nitrogen and oxygen atoms in total. The number of nitrogens with zero attached hydrogens (tertiary/aromatic N) is 3. The summed E-state index contributed by atoms with van der Waals surface area (Å²) in [4.78, 5) is 3.16. The molecule has 0 unspecified atom stereocenters. The summed E-state index contributed by atoms with van der Waals surface area (Å²) in [5.74, 6) is 0. The quantitative estimate of drug-likeness (QED) is 0.820. The van der Waals surface area contributed by atoms with E-state index in [1.54, 1.807) is 23.1 Å². The van der Waals surface area contributed by atoms with Gasteiger partial charge in [0.1, 0.15) is 0 Å². The van der Waals surface area contributed by atoms with Crippen LogP contribution in [-0.2, 0) is 6.54 Å². The lowest BCUT2D eigenvalue weighted by atomic mass is 10.2. The molecule has 1 N–H and O–H groups in total. The fourth-order valence-corrected chi connectivity index (χ4v) is 4.25. The Hall–Kier alpha value is -0.630. The molecule has 1 saturated carbocycles. The van der Waals surface area contributed by atoms with Crippen LogP contribution in [0.1, 0.15) is 18.4 Å². The van der Waals surface area contributed by atoms with Gasteiger partial charge >= 0.3 is 0 Å². The molecule has 1 heterocycles. The standard InChI is InChI=1S/C14H17BrN4S2/c1-19(2)13-17-18-14(21-13)20-11-6-3-9(12(15)7-11)8-16-10-4-5-10/h3,6-7,10,16H,4-5,8H2,1-2H3. The highest BCUT2D eigenvalue weighted by Crippen LogP contribution is 2.34. The molecule has 0 saturated heterocycles. The molecule has 0 radical (unpaired) electrons. The van der Waals surface area contributed by atoms with Crippen LogP contribution in [0.3, 0.4) is 0 Å². The highest BCUT2D eigenvalue weighted by molar-refractivity contribution is 9.10. The van der Waals surface area contributed by atoms with Gasteiger partial charge < -0.3 is 10.2 Å². The molecule has 2 aromatic rings. The molecule has 1 aliphatic rings. The van der Waals surface area contributed by atoms with Gasteiger partial charge in [0, 0.05) is 36.1 Å². The van der Waals surface area contributed by atoms with E-state index in [-0.39, 0.29) is 0 Å². The number of halogens is 1. The van der Waals surface area contributed by atoms with E-state index in [9.17, 15) is 0 Å². The lowest BCUT2D eigenvalue weighted by Crippen LogP contribution is -2.15. The highest BCUT2D eigenvalue weighted by Gasteiger charge is 2.20. The van der Waals surface area contributed by atoms with Gasteiger partial charge in [0.05, 0.1) is 0 Å². The normalized spacial score (nSPS) is 14.4. The van der Waals surface area contributed by atoms with Crippen molar-refractivity contribution in [3.63, 3.8) is 0 Å². The van der Waals surface area contributed by atoms with E-state index in [0.29, 0.717) is 0 Å². The van der Waals surface area contributed by atoms with Gasteiger partial charge in [-0.15, -0.1) is 10.2 Å². The average Bonchev–Trinajstić information content (AvgIpc) is 3.15. The van der Waals surface area contributed by atoms with E-state index in [4.69, 9.17) is 0 Å². The monoisotopic (exact) mass is 384 g/mol. The van der Waals surface area contributed by atoms with Gasteiger partial charge in [0.25, 0.3) is 0 Å². The Morgan fingerprint density at radius 3 is 2.81 bits per heavy atom. The van der Waals surface area contributed by atoms with Gasteiger partial charge in [-0.3, -0.25) is 0 Å². The van der Waals surface area contributed by atoms with Crippen LogP contribution in [0, 0.1) is 0 Å². The molecule has 0 bridgehead atoms. The van der Waals surface area contributed by atoms with E-state index < -0.39 is 0 Å². The first-order valence-electron chi connectivity index (χ1n) is 6.82. The third-order valence-corrected chi connectivity index (χ3v) is 6.04. The number of rotatable bonds is 6. The van der Waals surface area contributed by atoms with Crippen LogP contribution in [0.4, 0.5) is 5.13 Å². The average molecular weight is 385 g/mol. The van der Waals surface area contributed by atoms with Crippen molar-refractivity contribution < 1.29 is 0 Å². The van der Waals surface area contributed by atoms with Crippen LogP contribution >= 0.6 is 39.0 Å². The van der Waals surface area contributed by atoms with Gasteiger partial charge in [0.2, 0.25) is 5.13 Å². The molecule has 3 rings (SSSR count). The second-order valence-electron chi connectivity index (χ2n) is 5.26. The fourth-order valence-electron chi connectivity index (χ4n) is 1.80. The molecule has 112 valence electrons. The summed E-state index contributed by atoms with van der Waals surface area (Å²) < 4.78 is 2.12. The zero-order valence-corrected chi connectivity index (χ0v) is 15.2. The summed E-state index contributed by atoms with van der Waals surface area (Å²) in [5.41, 5.74) is 1.30. The number of anilines is 1. The van der Waals surface area contributed by atoms with Crippen LogP contribution in [0.25, 0.3) is 0 Å². The van der Waals surface area contributed by atoms with Crippen molar-refractivity contribution >= 4 is 44.2 Å². The Morgan fingerprint density at radius 2 is 2.19 bits per heavy atom. The van der Waals surface area contributed by atoms with Crippen molar-refractivity contribution in [2.75, 3.05) is 19.0 Å². The minimum atomic E-state index is 0.733. The molecule has 0 atom stereocenters. The number of hydrogen-bond acceptors (Lipinski definition) is 6. The molecule has 1 aromatic heterocycles. The van der Waals surface area contributed by atoms with E-state index in [1.165, 1.54) is 23.3 Å². The largest absolute Gasteiger partial charge is 0.353 e. The number of aromatic nitrogens is 2. The first-order valence-corrected chi connectivity index (χ1v) is 9.25. The summed E-state index contributed by atoms with van der Waals surface area (Å²) in [6.45, 7) is 0.930. The number of hydrogen-bond donors (Lipinski definition) is 1. The summed E-state index contributed by atoms with van der Waals surface area (Å²) >= 11 is 6.93. The summed E-state index contributed by atoms with van der Waals surface area (Å²) in [6.07, 6.45) is 2.63. The minimum Gasteiger partial charge on any atom is -0.353 e. The fraction of sp³-hybridized carbons (Fsp3) is 0.429. The Kier molecular flexibility index (Phi) is 4.83. The van der Waals surface area contributed by atoms with Crippen LogP contribution in [0.2, 0.25) is 0 Å². The van der Waals surface area contributed by atoms with Crippen LogP contribution < -0.4 is 10.2 Å². The van der Waals surface area contributed by atoms with E-state index in [2.05, 4.69) is 49.6 Å². The maximum Gasteiger partial charge on any atom is 0.208 e. The molecule has 1 aliphatic carbocycles. The maximum absolute atomic E-state index is 4.21. The van der Waals surface area contributed by atoms with Crippen molar-refractivity contribution in [2.45, 2.75) is 34.7 Å². The van der Waals surface area contributed by atoms with Crippen molar-refractivity contribution in [1.82, 2.24) is 15.5 Å². The predicted molar refractivity (Wildman–Crippen MR) is 92.4 cm³/mol. The summed E-state index contributed by atoms with van der Waals surface area (Å²) in [6, 6.07) is 7.22. The summed E-state index contributed by atoms with van der Waals surface area (Å²) in [7, 11) is 3.96. The zero-order chi connectivity index (χ0) is 14.8. The Bertz CT molecular complexity index is 625. The minimum absolute atomic E-state index is 0.733. The number of nitrogens with one attached hydrogen (secondary N) is 1. The van der Waals surface area contributed by atoms with Crippen molar-refractivity contribution in [3.05, 3.63) is 28.2 Å². The van der Waals surface area contributed by atoms with E-state index in [0.717, 1.165) is 26.5 Å². The molecule has 0 amide bonds. The Morgan fingerprint density at radius 1 is 1.38 bits per heavy atom. The lowest BCUT2D eigenvalue weighted by Gasteiger charge is -2.07. The molecule has 0 spiro atoms. The first-order chi connectivity index (χ1) is 10.1. The zero-order valence-electron chi connectivity index (χ0n) is 12.0. The molecule has 1 fully saturated rings. The first kappa shape index (κ1) is 15.3. The van der Waals surface area contributed by atoms with Gasteiger partial charge in [-0.25, -0.2) is 0 Å². The van der Waals surface area contributed by atoms with Crippen LogP contribution in [0.15, 0.2) is 31.9 Å². The van der Waals surface area contributed by atoms with Crippen LogP contribution in [0.5, 0.6) is 0 Å². The topological polar surface area (TPSA) is 41.1 Å². The van der Waals surface area contributed by atoms with Gasteiger partial charge in [-0.05, 0) is 30.5 Å². The van der Waals surface area contributed by atoms with E-state index in [1.807, 2.05) is 19.0 Å². The van der Waals surface area contributed by atoms with Crippen molar-refractivity contribution in [3.8, 4) is 0 Å². The molecular formula is C14H17BrN4S2. The lowest BCUT2D eigenvalue weighted by molar-refractivity contribution is 0.685. The molecule has 21 heavy (non-hydrogen) atoms. The smallest absolute Gasteiger partial charge is 0.208 e. The summed E-state index contributed by atoms with van der Waals surface area (Å²) in [5, 5.41) is 12.8. The van der Waals surface area contributed by atoms with Gasteiger partial charge in [-0.2, -0.15) is 0 Å². The molecular weight excluding hydrogens is 368 g/mol. The molecule has 1 aromatic carbocycles. The van der Waals surface area contributed by atoms with Crippen molar-refractivity contribution in [1.29, 1.82) is 0 Å². The highest BCUT2D eigenvalue weighted by atomic mass is 79.9. The van der Waals surface area contributed by atoms with E-state index >= 15 is 0 Å². The second-order valence-corrected chi connectivity index (χ2v) is 8.39. The van der Waals surface area contributed by atoms with Gasteiger partial charge in [-0.1, -0.05) is 45.1 Å². The predicted octanol–water partition coefficient (Wildman–Crippen LogP) is 3.77. The Balaban J connectivity index is 1.65. The third kappa shape index (κ3) is 4.18. The van der Waals surface area contributed by atoms with Crippen molar-refractivity contribution in [2.24, 2.45) is 0 Å². The molecule has 0 aliphatic heterocycles. The van der Waals surface area contributed by atoms with Crippen LogP contribution in [-0.4, -0.2) is 30.3 Å². The molecule has 7 heteroatoms. The maximum atomic E-state index is 4.21. The SMILES string of the molecule is CN(C)c1nnc(Sc2ccc(CNC3CC3)c(Br)c2)s1. The third-order valence-electron chi connectivity index (χ3n) is 3.17. The second kappa shape index (κ2) is 6.64.